The van der Waals surface area contributed by atoms with Crippen LogP contribution in [0.25, 0.3) is 5.57 Å². The molecule has 0 radical (unpaired) electrons. The molecule has 3 rings (SSSR count). The molecule has 2 aliphatic rings. The highest BCUT2D eigenvalue weighted by Gasteiger charge is 2.29. The van der Waals surface area contributed by atoms with Gasteiger partial charge in [-0.1, -0.05) is 26.8 Å². The fourth-order valence-corrected chi connectivity index (χ4v) is 3.17. The molecule has 0 aromatic carbocycles. The number of nitrogens with zero attached hydrogens (tertiary/aromatic N) is 2. The second kappa shape index (κ2) is 4.78. The molecule has 0 fully saturated rings. The zero-order chi connectivity index (χ0) is 13.5. The van der Waals surface area contributed by atoms with Gasteiger partial charge in [-0.2, -0.15) is 0 Å². The van der Waals surface area contributed by atoms with Gasteiger partial charge >= 0.3 is 0 Å². The second-order valence-corrected chi connectivity index (χ2v) is 6.77. The second-order valence-electron chi connectivity index (χ2n) is 6.77. The SMILES string of the molecule is CC(C)(C)c1nc2n(c1C1=CCNCC1)CCCC2. The number of imidazole rings is 1. The first-order valence-corrected chi connectivity index (χ1v) is 7.57. The van der Waals surface area contributed by atoms with Crippen LogP contribution in [0.4, 0.5) is 0 Å². The Hall–Kier alpha value is -1.09. The highest BCUT2D eigenvalue weighted by Crippen LogP contribution is 2.34. The monoisotopic (exact) mass is 259 g/mol. The summed E-state index contributed by atoms with van der Waals surface area (Å²) in [5.74, 6) is 1.31. The Kier molecular flexibility index (Phi) is 3.25. The average molecular weight is 259 g/mol. The summed E-state index contributed by atoms with van der Waals surface area (Å²) in [4.78, 5) is 5.00. The third kappa shape index (κ3) is 2.36. The van der Waals surface area contributed by atoms with Crippen LogP contribution in [-0.2, 0) is 18.4 Å². The third-order valence-electron chi connectivity index (χ3n) is 4.16. The highest BCUT2D eigenvalue weighted by molar-refractivity contribution is 5.67. The van der Waals surface area contributed by atoms with Gasteiger partial charge in [0.1, 0.15) is 5.82 Å². The van der Waals surface area contributed by atoms with Crippen molar-refractivity contribution in [3.8, 4) is 0 Å². The minimum atomic E-state index is 0.130. The predicted molar refractivity (Wildman–Crippen MR) is 79.3 cm³/mol. The maximum atomic E-state index is 5.00. The maximum absolute atomic E-state index is 5.00. The fraction of sp³-hybridized carbons (Fsp3) is 0.688. The van der Waals surface area contributed by atoms with Crippen LogP contribution < -0.4 is 5.32 Å². The Morgan fingerprint density at radius 1 is 1.21 bits per heavy atom. The van der Waals surface area contributed by atoms with Crippen LogP contribution in [0, 0.1) is 0 Å². The van der Waals surface area contributed by atoms with E-state index in [1.54, 1.807) is 0 Å². The van der Waals surface area contributed by atoms with Gasteiger partial charge in [0.2, 0.25) is 0 Å². The van der Waals surface area contributed by atoms with Crippen LogP contribution in [0.15, 0.2) is 6.08 Å². The Balaban J connectivity index is 2.14. The van der Waals surface area contributed by atoms with Gasteiger partial charge in [0.15, 0.2) is 0 Å². The lowest BCUT2D eigenvalue weighted by Crippen LogP contribution is -2.23. The molecular formula is C16H25N3. The lowest BCUT2D eigenvalue weighted by atomic mass is 9.87. The van der Waals surface area contributed by atoms with Crippen molar-refractivity contribution >= 4 is 5.57 Å². The first-order chi connectivity index (χ1) is 9.07. The van der Waals surface area contributed by atoms with Crippen molar-refractivity contribution in [1.29, 1.82) is 0 Å². The van der Waals surface area contributed by atoms with Gasteiger partial charge in [-0.25, -0.2) is 4.98 Å². The highest BCUT2D eigenvalue weighted by atomic mass is 15.1. The van der Waals surface area contributed by atoms with E-state index in [4.69, 9.17) is 4.98 Å². The van der Waals surface area contributed by atoms with Crippen molar-refractivity contribution in [3.63, 3.8) is 0 Å². The first kappa shape index (κ1) is 12.9. The number of nitrogens with one attached hydrogen (secondary N) is 1. The Morgan fingerprint density at radius 3 is 2.74 bits per heavy atom. The summed E-state index contributed by atoms with van der Waals surface area (Å²) in [6.07, 6.45) is 7.23. The minimum Gasteiger partial charge on any atom is -0.328 e. The van der Waals surface area contributed by atoms with E-state index in [0.29, 0.717) is 0 Å². The van der Waals surface area contributed by atoms with Gasteiger partial charge in [-0.05, 0) is 31.4 Å². The van der Waals surface area contributed by atoms with Gasteiger partial charge < -0.3 is 9.88 Å². The molecule has 104 valence electrons. The summed E-state index contributed by atoms with van der Waals surface area (Å²) >= 11 is 0. The van der Waals surface area contributed by atoms with E-state index in [-0.39, 0.29) is 5.41 Å². The Labute approximate surface area is 116 Å². The molecule has 1 N–H and O–H groups in total. The fourth-order valence-electron chi connectivity index (χ4n) is 3.17. The number of aromatic nitrogens is 2. The molecular weight excluding hydrogens is 234 g/mol. The van der Waals surface area contributed by atoms with Crippen LogP contribution >= 0.6 is 0 Å². The standard InChI is InChI=1S/C16H25N3/c1-16(2,3)15-14(12-7-9-17-10-8-12)19-11-5-4-6-13(19)18-15/h7,17H,4-6,8-11H2,1-3H3. The van der Waals surface area contributed by atoms with Crippen molar-refractivity contribution in [2.24, 2.45) is 0 Å². The lowest BCUT2D eigenvalue weighted by Gasteiger charge is -2.24. The number of hydrogen-bond donors (Lipinski definition) is 1. The summed E-state index contributed by atoms with van der Waals surface area (Å²) < 4.78 is 2.50. The van der Waals surface area contributed by atoms with E-state index in [1.165, 1.54) is 35.6 Å². The van der Waals surface area contributed by atoms with Gasteiger partial charge in [-0.15, -0.1) is 0 Å². The molecule has 0 saturated heterocycles. The number of rotatable bonds is 1. The number of aryl methyl sites for hydroxylation is 1. The van der Waals surface area contributed by atoms with Crippen LogP contribution in [0.1, 0.15) is 57.2 Å². The molecule has 3 heterocycles. The van der Waals surface area contributed by atoms with Gasteiger partial charge in [0.05, 0.1) is 11.4 Å². The van der Waals surface area contributed by atoms with Gasteiger partial charge in [0, 0.05) is 24.9 Å². The van der Waals surface area contributed by atoms with Gasteiger partial charge in [0.25, 0.3) is 0 Å². The smallest absolute Gasteiger partial charge is 0.109 e. The van der Waals surface area contributed by atoms with Crippen LogP contribution in [0.2, 0.25) is 0 Å². The molecule has 0 saturated carbocycles. The zero-order valence-corrected chi connectivity index (χ0v) is 12.4. The Bertz CT molecular complexity index is 503. The predicted octanol–water partition coefficient (Wildman–Crippen LogP) is 2.89. The molecule has 0 atom stereocenters. The molecule has 0 amide bonds. The van der Waals surface area contributed by atoms with Crippen molar-refractivity contribution in [3.05, 3.63) is 23.3 Å². The minimum absolute atomic E-state index is 0.130. The first-order valence-electron chi connectivity index (χ1n) is 7.57. The summed E-state index contributed by atoms with van der Waals surface area (Å²) in [5, 5.41) is 3.41. The molecule has 1 aromatic rings. The molecule has 1 aromatic heterocycles. The number of fused-ring (bicyclic) bond motifs is 1. The van der Waals surface area contributed by atoms with Crippen molar-refractivity contribution in [1.82, 2.24) is 14.9 Å². The largest absolute Gasteiger partial charge is 0.328 e. The van der Waals surface area contributed by atoms with E-state index >= 15 is 0 Å². The van der Waals surface area contributed by atoms with E-state index in [1.807, 2.05) is 0 Å². The summed E-state index contributed by atoms with van der Waals surface area (Å²) in [6.45, 7) is 10.1. The molecule has 0 spiro atoms. The van der Waals surface area contributed by atoms with E-state index in [2.05, 4.69) is 36.7 Å². The molecule has 19 heavy (non-hydrogen) atoms. The van der Waals surface area contributed by atoms with E-state index in [0.717, 1.165) is 32.5 Å². The normalized spacial score (nSPS) is 20.1. The summed E-state index contributed by atoms with van der Waals surface area (Å²) in [5.41, 5.74) is 4.37. The van der Waals surface area contributed by atoms with Crippen molar-refractivity contribution < 1.29 is 0 Å². The molecule has 0 bridgehead atoms. The summed E-state index contributed by atoms with van der Waals surface area (Å²) in [7, 11) is 0. The quantitative estimate of drug-likeness (QED) is 0.840. The Morgan fingerprint density at radius 2 is 2.05 bits per heavy atom. The lowest BCUT2D eigenvalue weighted by molar-refractivity contribution is 0.517. The number of hydrogen-bond acceptors (Lipinski definition) is 2. The molecule has 3 nitrogen and oxygen atoms in total. The van der Waals surface area contributed by atoms with Crippen molar-refractivity contribution in [2.45, 2.75) is 58.4 Å². The van der Waals surface area contributed by atoms with Crippen LogP contribution in [0.3, 0.4) is 0 Å². The summed E-state index contributed by atoms with van der Waals surface area (Å²) in [6, 6.07) is 0. The zero-order valence-electron chi connectivity index (χ0n) is 12.4. The van der Waals surface area contributed by atoms with Gasteiger partial charge in [-0.3, -0.25) is 0 Å². The molecule has 0 aliphatic carbocycles. The van der Waals surface area contributed by atoms with Crippen LogP contribution in [0.5, 0.6) is 0 Å². The average Bonchev–Trinajstić information content (AvgIpc) is 2.79. The molecule has 2 aliphatic heterocycles. The van der Waals surface area contributed by atoms with Crippen LogP contribution in [-0.4, -0.2) is 22.6 Å². The van der Waals surface area contributed by atoms with Crippen molar-refractivity contribution in [2.75, 3.05) is 13.1 Å². The topological polar surface area (TPSA) is 29.9 Å². The maximum Gasteiger partial charge on any atom is 0.109 e. The van der Waals surface area contributed by atoms with E-state index < -0.39 is 0 Å². The molecule has 0 unspecified atom stereocenters. The van der Waals surface area contributed by atoms with E-state index in [9.17, 15) is 0 Å². The molecule has 3 heteroatoms. The third-order valence-corrected chi connectivity index (χ3v) is 4.16.